The van der Waals surface area contributed by atoms with Crippen LogP contribution in [0.3, 0.4) is 0 Å². The van der Waals surface area contributed by atoms with E-state index in [-0.39, 0.29) is 26.2 Å². The maximum Gasteiger partial charge on any atom is 0.472 e. The quantitative estimate of drug-likeness (QED) is 0.0301. The first kappa shape index (κ1) is 55.5. The number of aliphatic hydroxyl groups excluding tert-OH is 2. The molecular formula is C46H95N2O7P. The van der Waals surface area contributed by atoms with E-state index in [1.807, 2.05) is 0 Å². The van der Waals surface area contributed by atoms with Crippen LogP contribution in [0.15, 0.2) is 0 Å². The molecule has 336 valence electrons. The van der Waals surface area contributed by atoms with Gasteiger partial charge in [0.1, 0.15) is 0 Å². The fourth-order valence-electron chi connectivity index (χ4n) is 7.59. The van der Waals surface area contributed by atoms with Crippen molar-refractivity contribution in [1.82, 2.24) is 5.32 Å². The monoisotopic (exact) mass is 819 g/mol. The van der Waals surface area contributed by atoms with Crippen molar-refractivity contribution >= 4 is 13.7 Å². The van der Waals surface area contributed by atoms with Gasteiger partial charge in [0, 0.05) is 6.54 Å². The van der Waals surface area contributed by atoms with Gasteiger partial charge in [0.05, 0.1) is 37.9 Å². The summed E-state index contributed by atoms with van der Waals surface area (Å²) < 4.78 is 22.2. The number of nitrogens with two attached hydrogens (primary N) is 1. The molecule has 0 aliphatic rings. The molecule has 0 heterocycles. The third-order valence-electron chi connectivity index (χ3n) is 11.3. The van der Waals surface area contributed by atoms with Crippen LogP contribution in [-0.2, 0) is 18.4 Å². The van der Waals surface area contributed by atoms with E-state index in [1.54, 1.807) is 0 Å². The van der Waals surface area contributed by atoms with Gasteiger partial charge >= 0.3 is 7.82 Å². The normalized spacial score (nSPS) is 14.5. The van der Waals surface area contributed by atoms with E-state index in [0.717, 1.165) is 38.5 Å². The van der Waals surface area contributed by atoms with Crippen molar-refractivity contribution in [2.45, 2.75) is 270 Å². The fraction of sp³-hybridized carbons (Fsp3) is 0.978. The standard InChI is InChI=1S/C46H95N2O7P/c1-3-5-7-9-11-13-15-17-18-19-20-21-22-23-24-26-27-29-31-33-35-37-43(49)41-46(51)48-44(42-55-56(52,53)54-40-39-47)45(50)38-36-34-32-30-28-25-16-14-12-10-8-6-4-2/h43-45,49-50H,3-42,47H2,1-2H3,(H,48,51)(H,52,53). The lowest BCUT2D eigenvalue weighted by Gasteiger charge is -2.25. The van der Waals surface area contributed by atoms with Gasteiger partial charge in [0.2, 0.25) is 5.91 Å². The Balaban J connectivity index is 4.09. The van der Waals surface area contributed by atoms with Gasteiger partial charge in [-0.2, -0.15) is 0 Å². The lowest BCUT2D eigenvalue weighted by Crippen LogP contribution is -2.47. The summed E-state index contributed by atoms with van der Waals surface area (Å²) >= 11 is 0. The Labute approximate surface area is 346 Å². The Morgan fingerprint density at radius 1 is 0.536 bits per heavy atom. The first-order chi connectivity index (χ1) is 27.3. The number of nitrogens with one attached hydrogen (secondary N) is 1. The number of amides is 1. The number of hydrogen-bond acceptors (Lipinski definition) is 7. The van der Waals surface area contributed by atoms with E-state index < -0.39 is 32.0 Å². The van der Waals surface area contributed by atoms with Gasteiger partial charge in [-0.1, -0.05) is 232 Å². The van der Waals surface area contributed by atoms with E-state index in [2.05, 4.69) is 19.2 Å². The minimum atomic E-state index is -4.37. The number of hydrogen-bond donors (Lipinski definition) is 5. The number of aliphatic hydroxyl groups is 2. The van der Waals surface area contributed by atoms with Crippen molar-refractivity contribution in [3.8, 4) is 0 Å². The third kappa shape index (κ3) is 40.2. The van der Waals surface area contributed by atoms with Crippen molar-refractivity contribution < 1.29 is 33.5 Å². The molecule has 0 saturated carbocycles. The highest BCUT2D eigenvalue weighted by Crippen LogP contribution is 2.43. The van der Waals surface area contributed by atoms with E-state index in [1.165, 1.54) is 180 Å². The summed E-state index contributed by atoms with van der Waals surface area (Å²) in [7, 11) is -4.37. The third-order valence-corrected chi connectivity index (χ3v) is 12.2. The van der Waals surface area contributed by atoms with Crippen LogP contribution in [0.4, 0.5) is 0 Å². The van der Waals surface area contributed by atoms with E-state index in [4.69, 9.17) is 14.8 Å². The van der Waals surface area contributed by atoms with Crippen LogP contribution in [0.25, 0.3) is 0 Å². The molecule has 4 atom stereocenters. The second-order valence-electron chi connectivity index (χ2n) is 16.9. The molecule has 0 fully saturated rings. The van der Waals surface area contributed by atoms with Crippen LogP contribution < -0.4 is 11.1 Å². The molecule has 6 N–H and O–H groups in total. The first-order valence-corrected chi connectivity index (χ1v) is 25.7. The molecule has 9 nitrogen and oxygen atoms in total. The largest absolute Gasteiger partial charge is 0.472 e. The topological polar surface area (TPSA) is 151 Å². The van der Waals surface area contributed by atoms with Crippen molar-refractivity contribution in [2.24, 2.45) is 5.73 Å². The van der Waals surface area contributed by atoms with Crippen LogP contribution >= 0.6 is 7.82 Å². The number of phosphoric acid groups is 1. The molecule has 0 spiro atoms. The number of unbranched alkanes of at least 4 members (excludes halogenated alkanes) is 32. The molecule has 4 unspecified atom stereocenters. The summed E-state index contributed by atoms with van der Waals surface area (Å²) in [4.78, 5) is 22.8. The molecule has 0 aromatic carbocycles. The number of phosphoric ester groups is 1. The van der Waals surface area contributed by atoms with Crippen LogP contribution in [0, 0.1) is 0 Å². The summed E-state index contributed by atoms with van der Waals surface area (Å²) in [5, 5.41) is 24.2. The smallest absolute Gasteiger partial charge is 0.393 e. The first-order valence-electron chi connectivity index (χ1n) is 24.2. The molecule has 0 aromatic heterocycles. The van der Waals surface area contributed by atoms with Gasteiger partial charge in [-0.15, -0.1) is 0 Å². The van der Waals surface area contributed by atoms with E-state index in [9.17, 15) is 24.5 Å². The second-order valence-corrected chi connectivity index (χ2v) is 18.3. The Morgan fingerprint density at radius 3 is 1.20 bits per heavy atom. The SMILES string of the molecule is CCCCCCCCCCCCCCCCCCCCCCCC(O)CC(=O)NC(COP(=O)(O)OCCN)C(O)CCCCCCCCCCCCCCC. The zero-order valence-electron chi connectivity index (χ0n) is 37.0. The molecule has 56 heavy (non-hydrogen) atoms. The van der Waals surface area contributed by atoms with E-state index in [0.29, 0.717) is 12.8 Å². The summed E-state index contributed by atoms with van der Waals surface area (Å²) in [6.45, 7) is 4.08. The molecule has 0 rings (SSSR count). The molecule has 0 saturated heterocycles. The Hall–Kier alpha value is -0.540. The van der Waals surface area contributed by atoms with Crippen molar-refractivity contribution in [3.05, 3.63) is 0 Å². The molecule has 1 amide bonds. The van der Waals surface area contributed by atoms with Gasteiger partial charge < -0.3 is 26.2 Å². The lowest BCUT2D eigenvalue weighted by atomic mass is 10.0. The highest BCUT2D eigenvalue weighted by atomic mass is 31.2. The van der Waals surface area contributed by atoms with Crippen LogP contribution in [0.1, 0.15) is 251 Å². The summed E-state index contributed by atoms with van der Waals surface area (Å²) in [5.74, 6) is -0.408. The molecule has 0 aliphatic heterocycles. The number of rotatable bonds is 46. The van der Waals surface area contributed by atoms with Gasteiger partial charge in [0.25, 0.3) is 0 Å². The Kier molecular flexibility index (Phi) is 42.2. The zero-order valence-corrected chi connectivity index (χ0v) is 37.9. The molecule has 0 bridgehead atoms. The second kappa shape index (κ2) is 42.6. The van der Waals surface area contributed by atoms with Gasteiger partial charge in [-0.25, -0.2) is 4.57 Å². The van der Waals surface area contributed by atoms with Crippen LogP contribution in [0.2, 0.25) is 0 Å². The zero-order chi connectivity index (χ0) is 41.2. The molecule has 0 aliphatic carbocycles. The minimum absolute atomic E-state index is 0.0627. The van der Waals surface area contributed by atoms with Gasteiger partial charge in [-0.3, -0.25) is 13.8 Å². The average molecular weight is 819 g/mol. The fourth-order valence-corrected chi connectivity index (χ4v) is 8.35. The van der Waals surface area contributed by atoms with Crippen molar-refractivity contribution in [1.29, 1.82) is 0 Å². The van der Waals surface area contributed by atoms with Crippen molar-refractivity contribution in [2.75, 3.05) is 19.8 Å². The number of carbonyl (C=O) groups excluding carboxylic acids is 1. The molecule has 10 heteroatoms. The van der Waals surface area contributed by atoms with E-state index >= 15 is 0 Å². The molecular weight excluding hydrogens is 723 g/mol. The summed E-state index contributed by atoms with van der Waals surface area (Å²) in [6.07, 6.45) is 43.0. The predicted molar refractivity (Wildman–Crippen MR) is 237 cm³/mol. The highest BCUT2D eigenvalue weighted by Gasteiger charge is 2.28. The predicted octanol–water partition coefficient (Wildman–Crippen LogP) is 12.8. The molecule has 0 radical (unpaired) electrons. The van der Waals surface area contributed by atoms with Gasteiger partial charge in [0.15, 0.2) is 0 Å². The van der Waals surface area contributed by atoms with Crippen LogP contribution in [0.5, 0.6) is 0 Å². The minimum Gasteiger partial charge on any atom is -0.393 e. The Bertz CT molecular complexity index is 867. The average Bonchev–Trinajstić information content (AvgIpc) is 3.17. The maximum atomic E-state index is 12.9. The highest BCUT2D eigenvalue weighted by molar-refractivity contribution is 7.47. The maximum absolute atomic E-state index is 12.9. The summed E-state index contributed by atoms with van der Waals surface area (Å²) in [5.41, 5.74) is 5.38. The van der Waals surface area contributed by atoms with Crippen LogP contribution in [-0.4, -0.2) is 59.0 Å². The van der Waals surface area contributed by atoms with Gasteiger partial charge in [-0.05, 0) is 12.8 Å². The molecule has 0 aromatic rings. The lowest BCUT2D eigenvalue weighted by molar-refractivity contribution is -0.125. The van der Waals surface area contributed by atoms with Crippen molar-refractivity contribution in [3.63, 3.8) is 0 Å². The summed E-state index contributed by atoms with van der Waals surface area (Å²) in [6, 6.07) is -0.890. The Morgan fingerprint density at radius 2 is 0.857 bits per heavy atom. The number of carbonyl (C=O) groups is 1.